The summed E-state index contributed by atoms with van der Waals surface area (Å²) in [6.07, 6.45) is 2.47. The number of aromatic nitrogens is 1. The van der Waals surface area contributed by atoms with Gasteiger partial charge in [0.2, 0.25) is 5.91 Å². The highest BCUT2D eigenvalue weighted by Crippen LogP contribution is 2.24. The maximum atomic E-state index is 11.8. The lowest BCUT2D eigenvalue weighted by Crippen LogP contribution is -2.30. The summed E-state index contributed by atoms with van der Waals surface area (Å²) < 4.78 is 0.899. The van der Waals surface area contributed by atoms with Crippen molar-refractivity contribution in [2.24, 2.45) is 17.6 Å². The van der Waals surface area contributed by atoms with Gasteiger partial charge >= 0.3 is 0 Å². The molecule has 1 amide bonds. The van der Waals surface area contributed by atoms with E-state index in [1.54, 1.807) is 6.20 Å². The molecule has 1 atom stereocenters. The number of hydrogen-bond acceptors (Lipinski definition) is 4. The van der Waals surface area contributed by atoms with Crippen LogP contribution in [0.4, 0.5) is 5.13 Å². The molecule has 1 aromatic heterocycles. The van der Waals surface area contributed by atoms with Crippen LogP contribution in [0.2, 0.25) is 0 Å². The Hall–Kier alpha value is -0.460. The Bertz CT molecular complexity index is 354. The second-order valence-electron chi connectivity index (χ2n) is 4.02. The molecule has 0 aromatic carbocycles. The van der Waals surface area contributed by atoms with E-state index >= 15 is 0 Å². The van der Waals surface area contributed by atoms with Crippen LogP contribution >= 0.6 is 27.3 Å². The van der Waals surface area contributed by atoms with Gasteiger partial charge in [-0.2, -0.15) is 0 Å². The number of nitrogens with zero attached hydrogens (tertiary/aromatic N) is 1. The first-order valence-electron chi connectivity index (χ1n) is 5.15. The second-order valence-corrected chi connectivity index (χ2v) is 6.43. The highest BCUT2D eigenvalue weighted by Gasteiger charge is 2.19. The number of thiazole rings is 1. The summed E-state index contributed by atoms with van der Waals surface area (Å²) in [6.45, 7) is 4.53. The Morgan fingerprint density at radius 1 is 1.69 bits per heavy atom. The fraction of sp³-hybridized carbons (Fsp3) is 0.600. The molecule has 0 saturated carbocycles. The Morgan fingerprint density at radius 2 is 2.38 bits per heavy atom. The molecule has 0 aliphatic carbocycles. The molecule has 1 rings (SSSR count). The average Bonchev–Trinajstić information content (AvgIpc) is 2.60. The van der Waals surface area contributed by atoms with Gasteiger partial charge in [-0.05, 0) is 28.3 Å². The third-order valence-corrected chi connectivity index (χ3v) is 3.51. The summed E-state index contributed by atoms with van der Waals surface area (Å²) >= 11 is 4.69. The van der Waals surface area contributed by atoms with Crippen LogP contribution < -0.4 is 11.1 Å². The summed E-state index contributed by atoms with van der Waals surface area (Å²) in [7, 11) is 0. The molecule has 0 aliphatic heterocycles. The Balaban J connectivity index is 2.55. The van der Waals surface area contributed by atoms with E-state index in [1.807, 2.05) is 0 Å². The van der Waals surface area contributed by atoms with Gasteiger partial charge in [-0.3, -0.25) is 4.79 Å². The summed E-state index contributed by atoms with van der Waals surface area (Å²) in [6, 6.07) is 0. The van der Waals surface area contributed by atoms with Crippen LogP contribution in [0, 0.1) is 11.8 Å². The lowest BCUT2D eigenvalue weighted by Gasteiger charge is -2.15. The van der Waals surface area contributed by atoms with Crippen LogP contribution in [-0.4, -0.2) is 17.4 Å². The predicted octanol–water partition coefficient (Wildman–Crippen LogP) is 2.47. The van der Waals surface area contributed by atoms with E-state index in [0.29, 0.717) is 17.6 Å². The van der Waals surface area contributed by atoms with Crippen molar-refractivity contribution >= 4 is 38.3 Å². The largest absolute Gasteiger partial charge is 0.330 e. The van der Waals surface area contributed by atoms with E-state index in [9.17, 15) is 4.79 Å². The van der Waals surface area contributed by atoms with E-state index in [1.165, 1.54) is 11.3 Å². The van der Waals surface area contributed by atoms with Crippen molar-refractivity contribution in [1.82, 2.24) is 4.98 Å². The first-order chi connectivity index (χ1) is 7.52. The maximum absolute atomic E-state index is 11.8. The van der Waals surface area contributed by atoms with Gasteiger partial charge in [-0.1, -0.05) is 25.2 Å². The normalized spacial score (nSPS) is 12.8. The van der Waals surface area contributed by atoms with Crippen molar-refractivity contribution in [2.75, 3.05) is 11.9 Å². The molecule has 1 unspecified atom stereocenters. The lowest BCUT2D eigenvalue weighted by molar-refractivity contribution is -0.120. The van der Waals surface area contributed by atoms with Gasteiger partial charge in [0, 0.05) is 6.54 Å². The maximum Gasteiger partial charge on any atom is 0.230 e. The zero-order valence-electron chi connectivity index (χ0n) is 9.37. The predicted molar refractivity (Wildman–Crippen MR) is 70.4 cm³/mol. The summed E-state index contributed by atoms with van der Waals surface area (Å²) in [4.78, 5) is 15.9. The van der Waals surface area contributed by atoms with Crippen molar-refractivity contribution in [3.63, 3.8) is 0 Å². The van der Waals surface area contributed by atoms with Gasteiger partial charge in [0.25, 0.3) is 0 Å². The quantitative estimate of drug-likeness (QED) is 0.878. The molecule has 16 heavy (non-hydrogen) atoms. The molecule has 0 bridgehead atoms. The third-order valence-electron chi connectivity index (χ3n) is 2.12. The molecule has 1 aromatic rings. The molecular weight excluding hydrogens is 290 g/mol. The molecule has 0 fully saturated rings. The SMILES string of the molecule is CC(C)CC(CN)C(=O)Nc1ncc(Br)s1. The summed E-state index contributed by atoms with van der Waals surface area (Å²) in [5, 5.41) is 3.39. The van der Waals surface area contributed by atoms with Crippen LogP contribution in [0.5, 0.6) is 0 Å². The monoisotopic (exact) mass is 305 g/mol. The third kappa shape index (κ3) is 4.19. The molecule has 90 valence electrons. The van der Waals surface area contributed by atoms with Crippen LogP contribution in [0.1, 0.15) is 20.3 Å². The lowest BCUT2D eigenvalue weighted by atomic mass is 9.96. The van der Waals surface area contributed by atoms with Crippen LogP contribution in [0.3, 0.4) is 0 Å². The molecule has 3 N–H and O–H groups in total. The molecule has 4 nitrogen and oxygen atoms in total. The van der Waals surface area contributed by atoms with E-state index in [4.69, 9.17) is 5.73 Å². The highest BCUT2D eigenvalue weighted by molar-refractivity contribution is 9.11. The first kappa shape index (κ1) is 13.6. The number of amides is 1. The number of hydrogen-bond donors (Lipinski definition) is 2. The van der Waals surface area contributed by atoms with Crippen molar-refractivity contribution in [3.8, 4) is 0 Å². The number of nitrogens with one attached hydrogen (secondary N) is 1. The van der Waals surface area contributed by atoms with Gasteiger partial charge in [0.05, 0.1) is 15.9 Å². The molecular formula is C10H16BrN3OS. The molecule has 0 aliphatic rings. The van der Waals surface area contributed by atoms with Gasteiger partial charge in [-0.15, -0.1) is 0 Å². The minimum Gasteiger partial charge on any atom is -0.330 e. The number of halogens is 1. The van der Waals surface area contributed by atoms with Crippen molar-refractivity contribution in [2.45, 2.75) is 20.3 Å². The first-order valence-corrected chi connectivity index (χ1v) is 6.76. The highest BCUT2D eigenvalue weighted by atomic mass is 79.9. The van der Waals surface area contributed by atoms with Gasteiger partial charge < -0.3 is 11.1 Å². The van der Waals surface area contributed by atoms with Gasteiger partial charge in [0.15, 0.2) is 5.13 Å². The zero-order chi connectivity index (χ0) is 12.1. The van der Waals surface area contributed by atoms with Crippen molar-refractivity contribution in [1.29, 1.82) is 0 Å². The number of nitrogens with two attached hydrogens (primary N) is 1. The minimum atomic E-state index is -0.136. The Labute approximate surface area is 108 Å². The average molecular weight is 306 g/mol. The fourth-order valence-electron chi connectivity index (χ4n) is 1.40. The smallest absolute Gasteiger partial charge is 0.230 e. The molecule has 0 radical (unpaired) electrons. The summed E-state index contributed by atoms with van der Waals surface area (Å²) in [5.41, 5.74) is 5.59. The standard InChI is InChI=1S/C10H16BrN3OS/c1-6(2)3-7(4-12)9(15)14-10-13-5-8(11)16-10/h5-7H,3-4,12H2,1-2H3,(H,13,14,15). The zero-order valence-corrected chi connectivity index (χ0v) is 11.8. The molecule has 1 heterocycles. The van der Waals surface area contributed by atoms with Crippen LogP contribution in [0.15, 0.2) is 9.98 Å². The molecule has 0 saturated heterocycles. The Kier molecular flexibility index (Phi) is 5.37. The van der Waals surface area contributed by atoms with Gasteiger partial charge in [0.1, 0.15) is 0 Å². The number of carbonyl (C=O) groups is 1. The molecule has 6 heteroatoms. The van der Waals surface area contributed by atoms with Crippen molar-refractivity contribution < 1.29 is 4.79 Å². The number of anilines is 1. The number of rotatable bonds is 5. The minimum absolute atomic E-state index is 0.0435. The van der Waals surface area contributed by atoms with E-state index in [0.717, 1.165) is 10.2 Å². The topological polar surface area (TPSA) is 68.0 Å². The Morgan fingerprint density at radius 3 is 2.81 bits per heavy atom. The van der Waals surface area contributed by atoms with E-state index in [-0.39, 0.29) is 11.8 Å². The van der Waals surface area contributed by atoms with Crippen LogP contribution in [-0.2, 0) is 4.79 Å². The van der Waals surface area contributed by atoms with Crippen LogP contribution in [0.25, 0.3) is 0 Å². The summed E-state index contributed by atoms with van der Waals surface area (Å²) in [5.74, 6) is 0.281. The molecule has 0 spiro atoms. The number of carbonyl (C=O) groups excluding carboxylic acids is 1. The van der Waals surface area contributed by atoms with E-state index in [2.05, 4.69) is 40.1 Å². The van der Waals surface area contributed by atoms with Crippen molar-refractivity contribution in [3.05, 3.63) is 9.98 Å². The fourth-order valence-corrected chi connectivity index (χ4v) is 2.51. The van der Waals surface area contributed by atoms with Gasteiger partial charge in [-0.25, -0.2) is 4.98 Å². The second kappa shape index (κ2) is 6.32. The van der Waals surface area contributed by atoms with E-state index < -0.39 is 0 Å².